The van der Waals surface area contributed by atoms with Crippen LogP contribution >= 0.6 is 0 Å². The van der Waals surface area contributed by atoms with E-state index in [4.69, 9.17) is 4.74 Å². The smallest absolute Gasteiger partial charge is 0.270 e. The van der Waals surface area contributed by atoms with Crippen LogP contribution < -0.4 is 4.74 Å². The quantitative estimate of drug-likeness (QED) is 0.806. The van der Waals surface area contributed by atoms with E-state index in [0.29, 0.717) is 24.3 Å². The van der Waals surface area contributed by atoms with Gasteiger partial charge in [-0.25, -0.2) is 0 Å². The van der Waals surface area contributed by atoms with Gasteiger partial charge in [-0.2, -0.15) is 0 Å². The molecule has 2 heterocycles. The molecule has 2 aromatic rings. The van der Waals surface area contributed by atoms with Crippen molar-refractivity contribution in [3.63, 3.8) is 0 Å². The molecular formula is C22H29N3O3. The van der Waals surface area contributed by atoms with E-state index in [1.165, 1.54) is 18.1 Å². The highest BCUT2D eigenvalue weighted by molar-refractivity contribution is 6.02. The molecule has 1 aliphatic heterocycles. The zero-order valence-electron chi connectivity index (χ0n) is 17.4. The minimum Gasteiger partial charge on any atom is -0.496 e. The van der Waals surface area contributed by atoms with Crippen LogP contribution in [0.4, 0.5) is 0 Å². The van der Waals surface area contributed by atoms with Crippen LogP contribution in [0.5, 0.6) is 5.75 Å². The Bertz CT molecular complexity index is 893. The summed E-state index contributed by atoms with van der Waals surface area (Å²) in [5.74, 6) is 0.862. The fourth-order valence-electron chi connectivity index (χ4n) is 4.03. The second kappa shape index (κ2) is 8.19. The number of aromatic nitrogens is 1. The molecule has 1 saturated heterocycles. The molecule has 6 nitrogen and oxygen atoms in total. The zero-order chi connectivity index (χ0) is 20.4. The van der Waals surface area contributed by atoms with Gasteiger partial charge in [0.15, 0.2) is 5.78 Å². The molecule has 0 atom stereocenters. The van der Waals surface area contributed by atoms with Crippen molar-refractivity contribution in [3.05, 3.63) is 51.8 Å². The Labute approximate surface area is 166 Å². The molecule has 0 aliphatic carbocycles. The van der Waals surface area contributed by atoms with E-state index in [0.717, 1.165) is 36.6 Å². The molecule has 1 amide bonds. The van der Waals surface area contributed by atoms with Gasteiger partial charge in [0.25, 0.3) is 5.91 Å². The van der Waals surface area contributed by atoms with E-state index >= 15 is 0 Å². The molecule has 28 heavy (non-hydrogen) atoms. The Morgan fingerprint density at radius 1 is 1.11 bits per heavy atom. The lowest BCUT2D eigenvalue weighted by Crippen LogP contribution is -2.48. The summed E-state index contributed by atoms with van der Waals surface area (Å²) in [6, 6.07) is 6.22. The Kier molecular flexibility index (Phi) is 5.89. The summed E-state index contributed by atoms with van der Waals surface area (Å²) in [6.45, 7) is 11.1. The number of rotatable bonds is 5. The van der Waals surface area contributed by atoms with Crippen LogP contribution in [0.15, 0.2) is 18.2 Å². The average Bonchev–Trinajstić information content (AvgIpc) is 2.96. The summed E-state index contributed by atoms with van der Waals surface area (Å²) >= 11 is 0. The number of ether oxygens (including phenoxy) is 1. The predicted molar refractivity (Wildman–Crippen MR) is 109 cm³/mol. The van der Waals surface area contributed by atoms with Gasteiger partial charge < -0.3 is 14.6 Å². The third kappa shape index (κ3) is 3.97. The lowest BCUT2D eigenvalue weighted by Gasteiger charge is -2.35. The van der Waals surface area contributed by atoms with Gasteiger partial charge in [0.2, 0.25) is 0 Å². The largest absolute Gasteiger partial charge is 0.496 e. The number of carbonyl (C=O) groups is 2. The highest BCUT2D eigenvalue weighted by atomic mass is 16.5. The zero-order valence-corrected chi connectivity index (χ0v) is 17.4. The molecule has 3 rings (SSSR count). The Morgan fingerprint density at radius 3 is 2.36 bits per heavy atom. The van der Waals surface area contributed by atoms with Crippen LogP contribution in [0, 0.1) is 20.8 Å². The van der Waals surface area contributed by atoms with Crippen LogP contribution in [0.25, 0.3) is 0 Å². The molecule has 1 fully saturated rings. The van der Waals surface area contributed by atoms with Crippen LogP contribution in [-0.4, -0.2) is 59.8 Å². The van der Waals surface area contributed by atoms with Crippen molar-refractivity contribution in [3.8, 4) is 5.75 Å². The fraction of sp³-hybridized carbons (Fsp3) is 0.455. The van der Waals surface area contributed by atoms with Crippen LogP contribution in [0.2, 0.25) is 0 Å². The van der Waals surface area contributed by atoms with E-state index in [1.54, 1.807) is 7.11 Å². The number of hydrogen-bond acceptors (Lipinski definition) is 4. The van der Waals surface area contributed by atoms with Crippen molar-refractivity contribution in [1.82, 2.24) is 14.8 Å². The van der Waals surface area contributed by atoms with Gasteiger partial charge in [0, 0.05) is 49.5 Å². The first kappa shape index (κ1) is 20.1. The molecule has 1 aliphatic rings. The summed E-state index contributed by atoms with van der Waals surface area (Å²) < 4.78 is 5.48. The number of methoxy groups -OCH3 is 1. The van der Waals surface area contributed by atoms with Gasteiger partial charge in [0.05, 0.1) is 7.11 Å². The summed E-state index contributed by atoms with van der Waals surface area (Å²) in [5, 5.41) is 0. The monoisotopic (exact) mass is 383 g/mol. The van der Waals surface area contributed by atoms with E-state index in [1.807, 2.05) is 24.8 Å². The maximum Gasteiger partial charge on any atom is 0.270 e. The Morgan fingerprint density at radius 2 is 1.79 bits per heavy atom. The number of benzene rings is 1. The molecule has 0 bridgehead atoms. The maximum atomic E-state index is 13.0. The van der Waals surface area contributed by atoms with Crippen molar-refractivity contribution in [2.45, 2.75) is 34.2 Å². The maximum absolute atomic E-state index is 13.0. The molecule has 1 aromatic heterocycles. The number of nitrogens with zero attached hydrogens (tertiary/aromatic N) is 2. The molecule has 0 radical (unpaired) electrons. The first-order chi connectivity index (χ1) is 13.3. The van der Waals surface area contributed by atoms with Crippen molar-refractivity contribution in [2.75, 3.05) is 33.3 Å². The summed E-state index contributed by atoms with van der Waals surface area (Å²) in [6.07, 6.45) is 0. The predicted octanol–water partition coefficient (Wildman–Crippen LogP) is 3.11. The first-order valence-electron chi connectivity index (χ1n) is 9.67. The topological polar surface area (TPSA) is 65.6 Å². The number of amides is 1. The third-order valence-corrected chi connectivity index (χ3v) is 5.49. The first-order valence-corrected chi connectivity index (χ1v) is 9.67. The molecule has 1 aromatic carbocycles. The number of H-pyrrole nitrogens is 1. The molecule has 0 spiro atoms. The second-order valence-corrected chi connectivity index (χ2v) is 7.56. The van der Waals surface area contributed by atoms with Crippen LogP contribution in [0.1, 0.15) is 50.2 Å². The van der Waals surface area contributed by atoms with Crippen molar-refractivity contribution in [2.24, 2.45) is 0 Å². The molecule has 0 unspecified atom stereocenters. The minimum atomic E-state index is -0.0270. The van der Waals surface area contributed by atoms with E-state index in [2.05, 4.69) is 28.9 Å². The standard InChI is InChI=1S/C22H29N3O3/c1-14-6-7-19(28-5)18(12-14)13-24-8-10-25(11-9-24)22(27)21-15(2)20(17(4)26)16(3)23-21/h6-7,12,23H,8-11,13H2,1-5H3. The molecule has 0 saturated carbocycles. The van der Waals surface area contributed by atoms with Gasteiger partial charge in [-0.1, -0.05) is 17.7 Å². The van der Waals surface area contributed by atoms with E-state index < -0.39 is 0 Å². The summed E-state index contributed by atoms with van der Waals surface area (Å²) in [5.41, 5.74) is 5.07. The number of ketones is 1. The average molecular weight is 383 g/mol. The Balaban J connectivity index is 1.66. The number of Topliss-reactive ketones (excluding diaryl/α,β-unsaturated/α-hetero) is 1. The molecular weight excluding hydrogens is 354 g/mol. The number of aromatic amines is 1. The minimum absolute atomic E-state index is 0.0118. The van der Waals surface area contributed by atoms with Gasteiger partial charge in [-0.3, -0.25) is 14.5 Å². The van der Waals surface area contributed by atoms with Crippen molar-refractivity contribution in [1.29, 1.82) is 0 Å². The number of carbonyl (C=O) groups excluding carboxylic acids is 2. The van der Waals surface area contributed by atoms with Gasteiger partial charge in [-0.05, 0) is 39.3 Å². The van der Waals surface area contributed by atoms with Crippen molar-refractivity contribution < 1.29 is 14.3 Å². The lowest BCUT2D eigenvalue weighted by atomic mass is 10.1. The highest BCUT2D eigenvalue weighted by Crippen LogP contribution is 2.23. The fourth-order valence-corrected chi connectivity index (χ4v) is 4.03. The van der Waals surface area contributed by atoms with Crippen molar-refractivity contribution >= 4 is 11.7 Å². The summed E-state index contributed by atoms with van der Waals surface area (Å²) in [4.78, 5) is 32.1. The second-order valence-electron chi connectivity index (χ2n) is 7.56. The summed E-state index contributed by atoms with van der Waals surface area (Å²) in [7, 11) is 1.70. The Hall–Kier alpha value is -2.60. The van der Waals surface area contributed by atoms with Gasteiger partial charge >= 0.3 is 0 Å². The highest BCUT2D eigenvalue weighted by Gasteiger charge is 2.27. The van der Waals surface area contributed by atoms with E-state index in [-0.39, 0.29) is 11.7 Å². The number of piperazine rings is 1. The van der Waals surface area contributed by atoms with Crippen LogP contribution in [-0.2, 0) is 6.54 Å². The van der Waals surface area contributed by atoms with Gasteiger partial charge in [-0.15, -0.1) is 0 Å². The van der Waals surface area contributed by atoms with E-state index in [9.17, 15) is 9.59 Å². The number of hydrogen-bond donors (Lipinski definition) is 1. The number of nitrogens with one attached hydrogen (secondary N) is 1. The van der Waals surface area contributed by atoms with Gasteiger partial charge in [0.1, 0.15) is 11.4 Å². The third-order valence-electron chi connectivity index (χ3n) is 5.49. The lowest BCUT2D eigenvalue weighted by molar-refractivity contribution is 0.0621. The molecule has 6 heteroatoms. The normalized spacial score (nSPS) is 15.0. The number of aryl methyl sites for hydroxylation is 2. The van der Waals surface area contributed by atoms with Crippen LogP contribution in [0.3, 0.4) is 0 Å². The molecule has 1 N–H and O–H groups in total. The molecule has 150 valence electrons. The SMILES string of the molecule is COc1ccc(C)cc1CN1CCN(C(=O)c2[nH]c(C)c(C(C)=O)c2C)CC1.